The Labute approximate surface area is 68.1 Å². The smallest absolute Gasteiger partial charge is 0.131 e. The third-order valence-electron chi connectivity index (χ3n) is 1.32. The van der Waals surface area contributed by atoms with Gasteiger partial charge < -0.3 is 0 Å². The van der Waals surface area contributed by atoms with Crippen LogP contribution in [0.5, 0.6) is 0 Å². The van der Waals surface area contributed by atoms with Gasteiger partial charge in [0.25, 0.3) is 0 Å². The normalized spacial score (nSPS) is 10.3. The molecular formula is C7H4ClN3. The van der Waals surface area contributed by atoms with Gasteiger partial charge in [0.1, 0.15) is 10.7 Å². The first-order valence-corrected chi connectivity index (χ1v) is 3.46. The van der Waals surface area contributed by atoms with E-state index in [9.17, 15) is 0 Å². The van der Waals surface area contributed by atoms with E-state index in [4.69, 9.17) is 11.6 Å². The second-order valence-corrected chi connectivity index (χ2v) is 2.44. The number of hydrogen-bond donors (Lipinski definition) is 0. The molecule has 4 heteroatoms. The summed E-state index contributed by atoms with van der Waals surface area (Å²) in [5.41, 5.74) is 1.53. The average Bonchev–Trinajstić information content (AvgIpc) is 2.04. The molecule has 2 aromatic rings. The molecule has 0 unspecified atom stereocenters. The first-order valence-electron chi connectivity index (χ1n) is 3.08. The summed E-state index contributed by atoms with van der Waals surface area (Å²) in [6.45, 7) is 0. The van der Waals surface area contributed by atoms with E-state index in [0.29, 0.717) is 5.15 Å². The number of hydrogen-bond acceptors (Lipinski definition) is 3. The molecule has 2 rings (SSSR count). The van der Waals surface area contributed by atoms with Crippen molar-refractivity contribution in [2.24, 2.45) is 0 Å². The van der Waals surface area contributed by atoms with Crippen LogP contribution in [0.2, 0.25) is 5.15 Å². The third kappa shape index (κ3) is 1.14. The van der Waals surface area contributed by atoms with Gasteiger partial charge in [0.05, 0.1) is 11.7 Å². The summed E-state index contributed by atoms with van der Waals surface area (Å²) in [4.78, 5) is 12.0. The number of rotatable bonds is 0. The molecule has 0 amide bonds. The Morgan fingerprint density at radius 2 is 1.73 bits per heavy atom. The fourth-order valence-electron chi connectivity index (χ4n) is 0.843. The van der Waals surface area contributed by atoms with Gasteiger partial charge in [-0.3, -0.25) is 9.97 Å². The van der Waals surface area contributed by atoms with Gasteiger partial charge in [0.15, 0.2) is 0 Å². The topological polar surface area (TPSA) is 38.7 Å². The molecule has 54 valence electrons. The largest absolute Gasteiger partial charge is 0.253 e. The predicted octanol–water partition coefficient (Wildman–Crippen LogP) is 1.68. The van der Waals surface area contributed by atoms with Gasteiger partial charge in [-0.05, 0) is 0 Å². The molecule has 3 nitrogen and oxygen atoms in total. The van der Waals surface area contributed by atoms with Gasteiger partial charge in [0.2, 0.25) is 0 Å². The van der Waals surface area contributed by atoms with Crippen molar-refractivity contribution in [1.82, 2.24) is 15.0 Å². The molecule has 0 spiro atoms. The lowest BCUT2D eigenvalue weighted by Gasteiger charge is -1.93. The van der Waals surface area contributed by atoms with E-state index < -0.39 is 0 Å². The summed E-state index contributed by atoms with van der Waals surface area (Å²) in [5, 5.41) is 0.443. The van der Waals surface area contributed by atoms with Gasteiger partial charge in [0, 0.05) is 18.5 Å². The van der Waals surface area contributed by atoms with E-state index in [1.165, 1.54) is 0 Å². The molecule has 0 bridgehead atoms. The molecule has 0 aliphatic heterocycles. The Hall–Kier alpha value is -1.22. The summed E-state index contributed by atoms with van der Waals surface area (Å²) >= 11 is 5.64. The van der Waals surface area contributed by atoms with E-state index in [2.05, 4.69) is 15.0 Å². The summed E-state index contributed by atoms with van der Waals surface area (Å²) in [5.74, 6) is 0. The molecule has 2 heterocycles. The molecule has 2 aromatic heterocycles. The highest BCUT2D eigenvalue weighted by molar-refractivity contribution is 6.29. The molecule has 0 fully saturated rings. The maximum atomic E-state index is 5.64. The molecule has 0 saturated carbocycles. The standard InChI is InChI=1S/C7H4ClN3/c8-7-3-5-6(4-11-7)10-2-1-9-5/h1-4H. The summed E-state index contributed by atoms with van der Waals surface area (Å²) in [6, 6.07) is 1.68. The van der Waals surface area contributed by atoms with Crippen molar-refractivity contribution >= 4 is 22.6 Å². The molecule has 0 aliphatic carbocycles. The third-order valence-corrected chi connectivity index (χ3v) is 1.53. The minimum absolute atomic E-state index is 0.443. The summed E-state index contributed by atoms with van der Waals surface area (Å²) in [6.07, 6.45) is 4.85. The van der Waals surface area contributed by atoms with Crippen molar-refractivity contribution in [3.05, 3.63) is 29.8 Å². The Balaban J connectivity index is 2.83. The van der Waals surface area contributed by atoms with Crippen LogP contribution in [0.3, 0.4) is 0 Å². The zero-order chi connectivity index (χ0) is 7.68. The molecule has 0 aromatic carbocycles. The Kier molecular flexibility index (Phi) is 1.43. The van der Waals surface area contributed by atoms with Gasteiger partial charge >= 0.3 is 0 Å². The number of halogens is 1. The minimum atomic E-state index is 0.443. The summed E-state index contributed by atoms with van der Waals surface area (Å²) in [7, 11) is 0. The number of pyridine rings is 1. The van der Waals surface area contributed by atoms with Crippen molar-refractivity contribution in [2.75, 3.05) is 0 Å². The fourth-order valence-corrected chi connectivity index (χ4v) is 0.995. The number of fused-ring (bicyclic) bond motifs is 1. The van der Waals surface area contributed by atoms with Gasteiger partial charge in [-0.25, -0.2) is 4.98 Å². The van der Waals surface area contributed by atoms with Crippen molar-refractivity contribution in [1.29, 1.82) is 0 Å². The second-order valence-electron chi connectivity index (χ2n) is 2.05. The van der Waals surface area contributed by atoms with Crippen LogP contribution < -0.4 is 0 Å². The van der Waals surface area contributed by atoms with Crippen LogP contribution >= 0.6 is 11.6 Å². The van der Waals surface area contributed by atoms with Crippen molar-refractivity contribution in [3.63, 3.8) is 0 Å². The van der Waals surface area contributed by atoms with Gasteiger partial charge in [-0.2, -0.15) is 0 Å². The Morgan fingerprint density at radius 3 is 2.55 bits per heavy atom. The zero-order valence-corrected chi connectivity index (χ0v) is 6.28. The first-order chi connectivity index (χ1) is 5.36. The van der Waals surface area contributed by atoms with E-state index in [1.54, 1.807) is 24.7 Å². The molecule has 0 atom stereocenters. The van der Waals surface area contributed by atoms with Crippen LogP contribution in [0, 0.1) is 0 Å². The molecule has 0 radical (unpaired) electrons. The van der Waals surface area contributed by atoms with Crippen LogP contribution in [-0.4, -0.2) is 15.0 Å². The molecule has 0 saturated heterocycles. The lowest BCUT2D eigenvalue weighted by Crippen LogP contribution is -1.83. The molecule has 0 N–H and O–H groups in total. The van der Waals surface area contributed by atoms with Crippen molar-refractivity contribution < 1.29 is 0 Å². The SMILES string of the molecule is Clc1cc2nccnc2cn1. The van der Waals surface area contributed by atoms with Crippen LogP contribution in [0.25, 0.3) is 11.0 Å². The molecule has 0 aliphatic rings. The number of nitrogens with zero attached hydrogens (tertiary/aromatic N) is 3. The predicted molar refractivity (Wildman–Crippen MR) is 42.3 cm³/mol. The highest BCUT2D eigenvalue weighted by atomic mass is 35.5. The zero-order valence-electron chi connectivity index (χ0n) is 5.53. The van der Waals surface area contributed by atoms with E-state index in [1.807, 2.05) is 0 Å². The van der Waals surface area contributed by atoms with Crippen molar-refractivity contribution in [2.45, 2.75) is 0 Å². The molecule has 11 heavy (non-hydrogen) atoms. The Morgan fingerprint density at radius 1 is 1.00 bits per heavy atom. The van der Waals surface area contributed by atoms with Crippen LogP contribution in [0.1, 0.15) is 0 Å². The van der Waals surface area contributed by atoms with Crippen LogP contribution in [-0.2, 0) is 0 Å². The van der Waals surface area contributed by atoms with E-state index in [0.717, 1.165) is 11.0 Å². The van der Waals surface area contributed by atoms with Gasteiger partial charge in [-0.1, -0.05) is 11.6 Å². The monoisotopic (exact) mass is 165 g/mol. The fraction of sp³-hybridized carbons (Fsp3) is 0. The number of aromatic nitrogens is 3. The minimum Gasteiger partial charge on any atom is -0.253 e. The second kappa shape index (κ2) is 2.43. The van der Waals surface area contributed by atoms with Crippen molar-refractivity contribution in [3.8, 4) is 0 Å². The van der Waals surface area contributed by atoms with E-state index >= 15 is 0 Å². The summed E-state index contributed by atoms with van der Waals surface area (Å²) < 4.78 is 0. The van der Waals surface area contributed by atoms with E-state index in [-0.39, 0.29) is 0 Å². The average molecular weight is 166 g/mol. The first kappa shape index (κ1) is 6.49. The maximum Gasteiger partial charge on any atom is 0.131 e. The lowest BCUT2D eigenvalue weighted by atomic mass is 10.4. The van der Waals surface area contributed by atoms with Gasteiger partial charge in [-0.15, -0.1) is 0 Å². The lowest BCUT2D eigenvalue weighted by molar-refractivity contribution is 1.25. The maximum absolute atomic E-state index is 5.64. The van der Waals surface area contributed by atoms with Crippen LogP contribution in [0.15, 0.2) is 24.7 Å². The highest BCUT2D eigenvalue weighted by Gasteiger charge is 1.94. The highest BCUT2D eigenvalue weighted by Crippen LogP contribution is 2.10. The Bertz CT molecular complexity index is 388. The van der Waals surface area contributed by atoms with Crippen LogP contribution in [0.4, 0.5) is 0 Å². The quantitative estimate of drug-likeness (QED) is 0.558. The molecular weight excluding hydrogens is 162 g/mol.